The lowest BCUT2D eigenvalue weighted by Crippen LogP contribution is -2.02. The van der Waals surface area contributed by atoms with Crippen LogP contribution < -0.4 is 5.32 Å². The molecule has 0 radical (unpaired) electrons. The van der Waals surface area contributed by atoms with Crippen molar-refractivity contribution in [2.24, 2.45) is 0 Å². The van der Waals surface area contributed by atoms with E-state index in [9.17, 15) is 4.39 Å². The van der Waals surface area contributed by atoms with Crippen molar-refractivity contribution in [2.75, 3.05) is 5.32 Å². The molecule has 0 atom stereocenters. The van der Waals surface area contributed by atoms with Gasteiger partial charge in [-0.1, -0.05) is 0 Å². The molecular weight excluding hydrogens is 277 g/mol. The van der Waals surface area contributed by atoms with Gasteiger partial charge in [0.25, 0.3) is 0 Å². The predicted molar refractivity (Wildman–Crippen MR) is 75.5 cm³/mol. The Bertz CT molecular complexity index is 707. The Hall–Kier alpha value is -2.28. The Balaban J connectivity index is 1.74. The Morgan fingerprint density at radius 1 is 1.40 bits per heavy atom. The van der Waals surface area contributed by atoms with E-state index in [4.69, 9.17) is 0 Å². The third kappa shape index (κ3) is 2.67. The van der Waals surface area contributed by atoms with Gasteiger partial charge >= 0.3 is 0 Å². The Labute approximate surface area is 119 Å². The number of aryl methyl sites for hydroxylation is 1. The van der Waals surface area contributed by atoms with Gasteiger partial charge in [-0.3, -0.25) is 0 Å². The SMILES string of the molecule is Cc1nc(CNc2ccc(-n3cncn3)c(F)c2)cs1. The van der Waals surface area contributed by atoms with E-state index in [2.05, 4.69) is 20.4 Å². The smallest absolute Gasteiger partial charge is 0.150 e. The van der Waals surface area contributed by atoms with Crippen LogP contribution in [0.4, 0.5) is 10.1 Å². The third-order valence-corrected chi connectivity index (χ3v) is 3.58. The minimum Gasteiger partial charge on any atom is -0.379 e. The Morgan fingerprint density at radius 3 is 2.95 bits per heavy atom. The van der Waals surface area contributed by atoms with Crippen LogP contribution in [0.2, 0.25) is 0 Å². The summed E-state index contributed by atoms with van der Waals surface area (Å²) in [5.41, 5.74) is 2.03. The highest BCUT2D eigenvalue weighted by molar-refractivity contribution is 7.09. The molecular formula is C13H12FN5S. The minimum atomic E-state index is -0.352. The monoisotopic (exact) mass is 289 g/mol. The molecule has 0 unspecified atom stereocenters. The van der Waals surface area contributed by atoms with Crippen LogP contribution in [-0.4, -0.2) is 19.7 Å². The van der Waals surface area contributed by atoms with Gasteiger partial charge in [0.1, 0.15) is 18.3 Å². The summed E-state index contributed by atoms with van der Waals surface area (Å²) in [4.78, 5) is 8.15. The van der Waals surface area contributed by atoms with Gasteiger partial charge in [-0.2, -0.15) is 5.10 Å². The summed E-state index contributed by atoms with van der Waals surface area (Å²) in [5.74, 6) is -0.352. The molecule has 2 heterocycles. The number of rotatable bonds is 4. The molecule has 0 aliphatic carbocycles. The zero-order valence-electron chi connectivity index (χ0n) is 10.7. The van der Waals surface area contributed by atoms with Crippen LogP contribution >= 0.6 is 11.3 Å². The normalized spacial score (nSPS) is 10.7. The molecule has 0 saturated carbocycles. The first-order chi connectivity index (χ1) is 9.72. The lowest BCUT2D eigenvalue weighted by Gasteiger charge is -2.07. The molecule has 5 nitrogen and oxygen atoms in total. The molecule has 1 N–H and O–H groups in total. The van der Waals surface area contributed by atoms with Gasteiger partial charge in [-0.05, 0) is 25.1 Å². The van der Waals surface area contributed by atoms with E-state index < -0.39 is 0 Å². The number of hydrogen-bond acceptors (Lipinski definition) is 5. The highest BCUT2D eigenvalue weighted by atomic mass is 32.1. The van der Waals surface area contributed by atoms with Gasteiger partial charge in [0.15, 0.2) is 5.82 Å². The predicted octanol–water partition coefficient (Wildman–Crippen LogP) is 2.78. The second kappa shape index (κ2) is 5.38. The zero-order valence-corrected chi connectivity index (χ0v) is 11.6. The van der Waals surface area contributed by atoms with E-state index in [1.54, 1.807) is 23.5 Å². The molecule has 3 aromatic rings. The number of aromatic nitrogens is 4. The maximum atomic E-state index is 14.0. The van der Waals surface area contributed by atoms with Gasteiger partial charge in [-0.25, -0.2) is 19.0 Å². The average Bonchev–Trinajstić information content (AvgIpc) is 3.08. The summed E-state index contributed by atoms with van der Waals surface area (Å²) in [7, 11) is 0. The molecule has 0 amide bonds. The molecule has 0 aliphatic heterocycles. The van der Waals surface area contributed by atoms with Gasteiger partial charge in [0.05, 0.1) is 17.2 Å². The Kier molecular flexibility index (Phi) is 3.42. The van der Waals surface area contributed by atoms with E-state index in [1.165, 1.54) is 23.4 Å². The average molecular weight is 289 g/mol. The lowest BCUT2D eigenvalue weighted by molar-refractivity contribution is 0.611. The van der Waals surface area contributed by atoms with E-state index in [-0.39, 0.29) is 5.82 Å². The van der Waals surface area contributed by atoms with Gasteiger partial charge in [0.2, 0.25) is 0 Å². The maximum absolute atomic E-state index is 14.0. The van der Waals surface area contributed by atoms with Crippen LogP contribution in [0.15, 0.2) is 36.2 Å². The molecule has 20 heavy (non-hydrogen) atoms. The second-order valence-electron chi connectivity index (χ2n) is 4.22. The van der Waals surface area contributed by atoms with E-state index >= 15 is 0 Å². The van der Waals surface area contributed by atoms with Crippen LogP contribution in [0.3, 0.4) is 0 Å². The van der Waals surface area contributed by atoms with Crippen molar-refractivity contribution >= 4 is 17.0 Å². The molecule has 7 heteroatoms. The summed E-state index contributed by atoms with van der Waals surface area (Å²) in [6, 6.07) is 4.91. The van der Waals surface area contributed by atoms with Gasteiger partial charge in [0, 0.05) is 11.1 Å². The van der Waals surface area contributed by atoms with Gasteiger partial charge in [-0.15, -0.1) is 11.3 Å². The first kappa shape index (κ1) is 12.7. The lowest BCUT2D eigenvalue weighted by atomic mass is 10.2. The number of thiazole rings is 1. The zero-order chi connectivity index (χ0) is 13.9. The number of anilines is 1. The van der Waals surface area contributed by atoms with E-state index in [1.807, 2.05) is 12.3 Å². The minimum absolute atomic E-state index is 0.352. The van der Waals surface area contributed by atoms with Crippen molar-refractivity contribution < 1.29 is 4.39 Å². The molecule has 0 saturated heterocycles. The molecule has 0 aliphatic rings. The molecule has 1 aromatic carbocycles. The Morgan fingerprint density at radius 2 is 2.30 bits per heavy atom. The summed E-state index contributed by atoms with van der Waals surface area (Å²) in [6.07, 6.45) is 2.83. The fourth-order valence-electron chi connectivity index (χ4n) is 1.82. The number of halogens is 1. The third-order valence-electron chi connectivity index (χ3n) is 2.75. The quantitative estimate of drug-likeness (QED) is 0.802. The largest absolute Gasteiger partial charge is 0.379 e. The topological polar surface area (TPSA) is 55.6 Å². The molecule has 2 aromatic heterocycles. The highest BCUT2D eigenvalue weighted by Crippen LogP contribution is 2.18. The first-order valence-electron chi connectivity index (χ1n) is 6.02. The fourth-order valence-corrected chi connectivity index (χ4v) is 2.43. The van der Waals surface area contributed by atoms with Crippen LogP contribution in [0, 0.1) is 12.7 Å². The standard InChI is InChI=1S/C13H12FN5S/c1-9-18-11(6-20-9)5-16-10-2-3-13(12(14)4-10)19-8-15-7-17-19/h2-4,6-8,16H,5H2,1H3. The fraction of sp³-hybridized carbons (Fsp3) is 0.154. The summed E-state index contributed by atoms with van der Waals surface area (Å²) in [6.45, 7) is 2.53. The van der Waals surface area contributed by atoms with Crippen molar-refractivity contribution in [3.63, 3.8) is 0 Å². The summed E-state index contributed by atoms with van der Waals surface area (Å²) >= 11 is 1.60. The van der Waals surface area contributed by atoms with Crippen molar-refractivity contribution in [3.05, 3.63) is 52.8 Å². The molecule has 0 spiro atoms. The summed E-state index contributed by atoms with van der Waals surface area (Å²) < 4.78 is 15.4. The summed E-state index contributed by atoms with van der Waals surface area (Å²) in [5, 5.41) is 10.1. The number of nitrogens with zero attached hydrogens (tertiary/aromatic N) is 4. The second-order valence-corrected chi connectivity index (χ2v) is 5.28. The van der Waals surface area contributed by atoms with Crippen molar-refractivity contribution in [1.29, 1.82) is 0 Å². The van der Waals surface area contributed by atoms with E-state index in [0.29, 0.717) is 17.9 Å². The first-order valence-corrected chi connectivity index (χ1v) is 6.90. The number of hydrogen-bond donors (Lipinski definition) is 1. The van der Waals surface area contributed by atoms with Crippen LogP contribution in [0.5, 0.6) is 0 Å². The van der Waals surface area contributed by atoms with E-state index in [0.717, 1.165) is 10.7 Å². The van der Waals surface area contributed by atoms with Crippen molar-refractivity contribution in [1.82, 2.24) is 19.7 Å². The number of nitrogens with one attached hydrogen (secondary N) is 1. The maximum Gasteiger partial charge on any atom is 0.150 e. The molecule has 0 fully saturated rings. The van der Waals surface area contributed by atoms with Gasteiger partial charge < -0.3 is 5.32 Å². The van der Waals surface area contributed by atoms with Crippen LogP contribution in [0.25, 0.3) is 5.69 Å². The van der Waals surface area contributed by atoms with Crippen molar-refractivity contribution in [3.8, 4) is 5.69 Å². The van der Waals surface area contributed by atoms with Crippen LogP contribution in [-0.2, 0) is 6.54 Å². The van der Waals surface area contributed by atoms with Crippen molar-refractivity contribution in [2.45, 2.75) is 13.5 Å². The molecule has 0 bridgehead atoms. The van der Waals surface area contributed by atoms with Crippen LogP contribution in [0.1, 0.15) is 10.7 Å². The number of benzene rings is 1. The molecule has 102 valence electrons. The highest BCUT2D eigenvalue weighted by Gasteiger charge is 2.06. The molecule has 3 rings (SSSR count).